The van der Waals surface area contributed by atoms with Crippen LogP contribution in [0.25, 0.3) is 11.3 Å². The van der Waals surface area contributed by atoms with Crippen LogP contribution in [-0.4, -0.2) is 28.6 Å². The van der Waals surface area contributed by atoms with E-state index in [9.17, 15) is 9.59 Å². The van der Waals surface area contributed by atoms with Crippen LogP contribution >= 0.6 is 23.1 Å². The average molecular weight is 404 g/mol. The summed E-state index contributed by atoms with van der Waals surface area (Å²) in [6, 6.07) is 10.2. The minimum Gasteiger partial charge on any atom is -0.353 e. The second kappa shape index (κ2) is 9.37. The number of rotatable bonds is 9. The van der Waals surface area contributed by atoms with E-state index in [0.717, 1.165) is 46.3 Å². The van der Waals surface area contributed by atoms with E-state index in [2.05, 4.69) is 10.6 Å². The number of aromatic nitrogens is 1. The minimum absolute atomic E-state index is 0.00357. The molecular formula is C20H25N3O2S2. The van der Waals surface area contributed by atoms with E-state index in [1.807, 2.05) is 44.2 Å². The van der Waals surface area contributed by atoms with Crippen molar-refractivity contribution in [1.82, 2.24) is 10.3 Å². The SMILES string of the molecule is CCC(CC)C(=O)Nc1sc(SCC(=O)NC2CC2)nc1-c1ccccc1. The number of thiazole rings is 1. The molecule has 0 bridgehead atoms. The molecule has 2 aromatic rings. The Hall–Kier alpha value is -1.86. The number of thioether (sulfide) groups is 1. The largest absolute Gasteiger partial charge is 0.353 e. The van der Waals surface area contributed by atoms with E-state index >= 15 is 0 Å². The first-order valence-corrected chi connectivity index (χ1v) is 11.2. The van der Waals surface area contributed by atoms with E-state index in [-0.39, 0.29) is 17.7 Å². The van der Waals surface area contributed by atoms with Crippen molar-refractivity contribution in [3.63, 3.8) is 0 Å². The van der Waals surface area contributed by atoms with Crippen molar-refractivity contribution < 1.29 is 9.59 Å². The van der Waals surface area contributed by atoms with Gasteiger partial charge in [0.15, 0.2) is 4.34 Å². The number of hydrogen-bond donors (Lipinski definition) is 2. The number of hydrogen-bond acceptors (Lipinski definition) is 5. The van der Waals surface area contributed by atoms with E-state index in [1.165, 1.54) is 23.1 Å². The Morgan fingerprint density at radius 1 is 1.22 bits per heavy atom. The third kappa shape index (κ3) is 5.56. The van der Waals surface area contributed by atoms with Crippen LogP contribution in [0.3, 0.4) is 0 Å². The van der Waals surface area contributed by atoms with Crippen LogP contribution in [0.15, 0.2) is 34.7 Å². The van der Waals surface area contributed by atoms with Gasteiger partial charge in [-0.05, 0) is 25.7 Å². The van der Waals surface area contributed by atoms with Gasteiger partial charge in [-0.2, -0.15) is 0 Å². The molecule has 144 valence electrons. The fourth-order valence-electron chi connectivity index (χ4n) is 2.74. The summed E-state index contributed by atoms with van der Waals surface area (Å²) in [5.74, 6) is 0.416. The van der Waals surface area contributed by atoms with Gasteiger partial charge in [0, 0.05) is 17.5 Å². The molecule has 1 aliphatic rings. The number of nitrogens with one attached hydrogen (secondary N) is 2. The van der Waals surface area contributed by atoms with Gasteiger partial charge in [0.05, 0.1) is 5.75 Å². The van der Waals surface area contributed by atoms with Gasteiger partial charge in [0.1, 0.15) is 10.7 Å². The molecule has 1 aromatic carbocycles. The number of nitrogens with zero attached hydrogens (tertiary/aromatic N) is 1. The number of carbonyl (C=O) groups is 2. The van der Waals surface area contributed by atoms with Crippen molar-refractivity contribution in [3.8, 4) is 11.3 Å². The predicted molar refractivity (Wildman–Crippen MR) is 112 cm³/mol. The smallest absolute Gasteiger partial charge is 0.230 e. The molecule has 0 radical (unpaired) electrons. The van der Waals surface area contributed by atoms with E-state index < -0.39 is 0 Å². The maximum absolute atomic E-state index is 12.6. The van der Waals surface area contributed by atoms with Gasteiger partial charge in [-0.3, -0.25) is 9.59 Å². The zero-order valence-electron chi connectivity index (χ0n) is 15.7. The molecule has 1 aromatic heterocycles. The highest BCUT2D eigenvalue weighted by Gasteiger charge is 2.24. The summed E-state index contributed by atoms with van der Waals surface area (Å²) in [6.07, 6.45) is 3.78. The van der Waals surface area contributed by atoms with Crippen LogP contribution in [0.2, 0.25) is 0 Å². The predicted octanol–water partition coefficient (Wildman–Crippen LogP) is 4.56. The van der Waals surface area contributed by atoms with Crippen molar-refractivity contribution in [2.45, 2.75) is 49.9 Å². The Kier molecular flexibility index (Phi) is 6.90. The maximum atomic E-state index is 12.6. The zero-order valence-corrected chi connectivity index (χ0v) is 17.3. The molecule has 2 N–H and O–H groups in total. The number of carbonyl (C=O) groups excluding carboxylic acids is 2. The summed E-state index contributed by atoms with van der Waals surface area (Å²) in [5.41, 5.74) is 1.73. The van der Waals surface area contributed by atoms with E-state index in [1.54, 1.807) is 0 Å². The maximum Gasteiger partial charge on any atom is 0.230 e. The quantitative estimate of drug-likeness (QED) is 0.602. The first-order valence-electron chi connectivity index (χ1n) is 9.40. The summed E-state index contributed by atoms with van der Waals surface area (Å²) >= 11 is 2.86. The van der Waals surface area contributed by atoms with Gasteiger partial charge < -0.3 is 10.6 Å². The van der Waals surface area contributed by atoms with Crippen LogP contribution in [-0.2, 0) is 9.59 Å². The van der Waals surface area contributed by atoms with Gasteiger partial charge in [0.2, 0.25) is 11.8 Å². The molecule has 0 aliphatic heterocycles. The molecule has 0 unspecified atom stereocenters. The van der Waals surface area contributed by atoms with Crippen LogP contribution in [0.1, 0.15) is 39.5 Å². The second-order valence-electron chi connectivity index (χ2n) is 6.66. The van der Waals surface area contributed by atoms with E-state index in [0.29, 0.717) is 11.8 Å². The molecule has 7 heteroatoms. The first-order chi connectivity index (χ1) is 13.1. The number of benzene rings is 1. The summed E-state index contributed by atoms with van der Waals surface area (Å²) in [4.78, 5) is 29.2. The van der Waals surface area contributed by atoms with Crippen molar-refractivity contribution in [2.24, 2.45) is 5.92 Å². The summed E-state index contributed by atoms with van der Waals surface area (Å²) in [5, 5.41) is 6.80. The molecule has 0 saturated heterocycles. The Morgan fingerprint density at radius 3 is 2.56 bits per heavy atom. The summed E-state index contributed by atoms with van der Waals surface area (Å²) < 4.78 is 0.791. The van der Waals surface area contributed by atoms with Gasteiger partial charge in [-0.25, -0.2) is 4.98 Å². The Labute approximate surface area is 168 Å². The Balaban J connectivity index is 1.76. The third-order valence-corrected chi connectivity index (χ3v) is 6.63. The fourth-order valence-corrected chi connectivity index (χ4v) is 4.62. The molecule has 1 aliphatic carbocycles. The highest BCUT2D eigenvalue weighted by Crippen LogP contribution is 2.38. The van der Waals surface area contributed by atoms with Crippen LogP contribution < -0.4 is 10.6 Å². The summed E-state index contributed by atoms with van der Waals surface area (Å²) in [7, 11) is 0. The van der Waals surface area contributed by atoms with Gasteiger partial charge in [-0.1, -0.05) is 67.3 Å². The minimum atomic E-state index is -0.00357. The Morgan fingerprint density at radius 2 is 1.93 bits per heavy atom. The molecule has 1 saturated carbocycles. The average Bonchev–Trinajstić information content (AvgIpc) is 3.40. The highest BCUT2D eigenvalue weighted by atomic mass is 32.2. The lowest BCUT2D eigenvalue weighted by Gasteiger charge is -2.12. The molecule has 2 amide bonds. The van der Waals surface area contributed by atoms with Crippen molar-refractivity contribution in [1.29, 1.82) is 0 Å². The van der Waals surface area contributed by atoms with Crippen molar-refractivity contribution >= 4 is 39.9 Å². The monoisotopic (exact) mass is 403 g/mol. The normalized spacial score (nSPS) is 13.6. The van der Waals surface area contributed by atoms with Gasteiger partial charge >= 0.3 is 0 Å². The summed E-state index contributed by atoms with van der Waals surface area (Å²) in [6.45, 7) is 4.05. The molecule has 27 heavy (non-hydrogen) atoms. The lowest BCUT2D eigenvalue weighted by molar-refractivity contribution is -0.120. The van der Waals surface area contributed by atoms with E-state index in [4.69, 9.17) is 4.98 Å². The first kappa shape index (κ1) is 19.9. The molecule has 5 nitrogen and oxygen atoms in total. The standard InChI is InChI=1S/C20H25N3O2S2/c1-3-13(4-2)18(25)23-19-17(14-8-6-5-7-9-14)22-20(27-19)26-12-16(24)21-15-10-11-15/h5-9,13,15H,3-4,10-12H2,1-2H3,(H,21,24)(H,23,25). The fraction of sp³-hybridized carbons (Fsp3) is 0.450. The number of anilines is 1. The van der Waals surface area contributed by atoms with Gasteiger partial charge in [0.25, 0.3) is 0 Å². The molecule has 0 atom stereocenters. The topological polar surface area (TPSA) is 71.1 Å². The molecule has 0 spiro atoms. The number of amides is 2. The molecule has 1 fully saturated rings. The Bertz CT molecular complexity index is 784. The molecule has 3 rings (SSSR count). The lowest BCUT2D eigenvalue weighted by atomic mass is 10.0. The van der Waals surface area contributed by atoms with Crippen molar-refractivity contribution in [2.75, 3.05) is 11.1 Å². The molecular weight excluding hydrogens is 378 g/mol. The second-order valence-corrected chi connectivity index (χ2v) is 8.88. The van der Waals surface area contributed by atoms with Gasteiger partial charge in [-0.15, -0.1) is 0 Å². The highest BCUT2D eigenvalue weighted by molar-refractivity contribution is 8.01. The van der Waals surface area contributed by atoms with Crippen LogP contribution in [0.4, 0.5) is 5.00 Å². The molecule has 1 heterocycles. The van der Waals surface area contributed by atoms with Crippen LogP contribution in [0, 0.1) is 5.92 Å². The third-order valence-electron chi connectivity index (χ3n) is 4.52. The van der Waals surface area contributed by atoms with Crippen LogP contribution in [0.5, 0.6) is 0 Å². The van der Waals surface area contributed by atoms with Crippen molar-refractivity contribution in [3.05, 3.63) is 30.3 Å². The zero-order chi connectivity index (χ0) is 19.2. The lowest BCUT2D eigenvalue weighted by Crippen LogP contribution is -2.26.